The largest absolute Gasteiger partial charge is 0.488 e. The Bertz CT molecular complexity index is 505. The molecule has 0 saturated carbocycles. The first-order valence-electron chi connectivity index (χ1n) is 7.19. The van der Waals surface area contributed by atoms with E-state index in [1.165, 1.54) is 5.56 Å². The molecule has 2 aromatic carbocycles. The van der Waals surface area contributed by atoms with E-state index in [2.05, 4.69) is 19.1 Å². The van der Waals surface area contributed by atoms with Crippen LogP contribution in [0.4, 0.5) is 0 Å². The van der Waals surface area contributed by atoms with Gasteiger partial charge in [-0.25, -0.2) is 0 Å². The zero-order valence-corrected chi connectivity index (χ0v) is 12.1. The molecule has 2 heteroatoms. The Labute approximate surface area is 121 Å². The van der Waals surface area contributed by atoms with Crippen molar-refractivity contribution in [1.29, 1.82) is 0 Å². The fraction of sp³-hybridized carbons (Fsp3) is 0.333. The van der Waals surface area contributed by atoms with Crippen molar-refractivity contribution in [1.82, 2.24) is 0 Å². The van der Waals surface area contributed by atoms with Crippen LogP contribution in [-0.4, -0.2) is 11.2 Å². The van der Waals surface area contributed by atoms with Gasteiger partial charge in [-0.05, 0) is 36.6 Å². The average Bonchev–Trinajstić information content (AvgIpc) is 2.49. The Hall–Kier alpha value is -1.80. The third-order valence-electron chi connectivity index (χ3n) is 3.37. The number of hydrogen-bond donors (Lipinski definition) is 1. The first-order chi connectivity index (χ1) is 9.70. The standard InChI is InChI=1S/C18H22O2/c1-3-7-15-10-12-17(13-11-15)20-14(2)18(19)16-8-5-4-6-9-16/h4-6,8-14,18-19H,3,7H2,1-2H3. The second-order valence-corrected chi connectivity index (χ2v) is 5.07. The lowest BCUT2D eigenvalue weighted by Gasteiger charge is -2.21. The number of aliphatic hydroxyl groups excluding tert-OH is 1. The summed E-state index contributed by atoms with van der Waals surface area (Å²) in [5.41, 5.74) is 2.19. The number of hydrogen-bond acceptors (Lipinski definition) is 2. The van der Waals surface area contributed by atoms with Crippen LogP contribution in [0.3, 0.4) is 0 Å². The third kappa shape index (κ3) is 3.84. The molecule has 0 amide bonds. The van der Waals surface area contributed by atoms with E-state index in [1.807, 2.05) is 49.4 Å². The van der Waals surface area contributed by atoms with E-state index < -0.39 is 6.10 Å². The van der Waals surface area contributed by atoms with Crippen molar-refractivity contribution in [2.75, 3.05) is 0 Å². The van der Waals surface area contributed by atoms with Crippen molar-refractivity contribution in [3.05, 3.63) is 65.7 Å². The summed E-state index contributed by atoms with van der Waals surface area (Å²) in [7, 11) is 0. The van der Waals surface area contributed by atoms with Crippen molar-refractivity contribution in [3.63, 3.8) is 0 Å². The van der Waals surface area contributed by atoms with Gasteiger partial charge in [0.15, 0.2) is 0 Å². The van der Waals surface area contributed by atoms with E-state index in [-0.39, 0.29) is 6.10 Å². The minimum absolute atomic E-state index is 0.283. The molecule has 0 aliphatic carbocycles. The molecule has 0 fully saturated rings. The van der Waals surface area contributed by atoms with Crippen LogP contribution in [0.15, 0.2) is 54.6 Å². The third-order valence-corrected chi connectivity index (χ3v) is 3.37. The van der Waals surface area contributed by atoms with Crippen LogP contribution in [-0.2, 0) is 6.42 Å². The molecule has 0 heterocycles. The molecule has 2 atom stereocenters. The summed E-state index contributed by atoms with van der Waals surface area (Å²) in [5.74, 6) is 0.798. The number of benzene rings is 2. The van der Waals surface area contributed by atoms with Gasteiger partial charge in [-0.2, -0.15) is 0 Å². The van der Waals surface area contributed by atoms with Crippen LogP contribution in [0.5, 0.6) is 5.75 Å². The van der Waals surface area contributed by atoms with Crippen molar-refractivity contribution in [3.8, 4) is 5.75 Å². The Morgan fingerprint density at radius 2 is 1.65 bits per heavy atom. The summed E-state index contributed by atoms with van der Waals surface area (Å²) < 4.78 is 5.81. The van der Waals surface area contributed by atoms with Crippen LogP contribution in [0.25, 0.3) is 0 Å². The van der Waals surface area contributed by atoms with Crippen LogP contribution in [0.1, 0.15) is 37.5 Å². The lowest BCUT2D eigenvalue weighted by Crippen LogP contribution is -2.21. The number of aliphatic hydroxyl groups is 1. The quantitative estimate of drug-likeness (QED) is 0.854. The SMILES string of the molecule is CCCc1ccc(OC(C)C(O)c2ccccc2)cc1. The summed E-state index contributed by atoms with van der Waals surface area (Å²) in [6.45, 7) is 4.06. The molecule has 0 aliphatic rings. The van der Waals surface area contributed by atoms with Gasteiger partial charge in [0.25, 0.3) is 0 Å². The Kier molecular flexibility index (Phi) is 5.19. The van der Waals surface area contributed by atoms with Crippen LogP contribution < -0.4 is 4.74 Å². The second kappa shape index (κ2) is 7.11. The summed E-state index contributed by atoms with van der Waals surface area (Å²) in [6, 6.07) is 17.7. The van der Waals surface area contributed by atoms with E-state index in [0.717, 1.165) is 24.2 Å². The van der Waals surface area contributed by atoms with Gasteiger partial charge in [-0.1, -0.05) is 55.8 Å². The van der Waals surface area contributed by atoms with Gasteiger partial charge in [0.2, 0.25) is 0 Å². The fourth-order valence-electron chi connectivity index (χ4n) is 2.22. The Morgan fingerprint density at radius 3 is 2.25 bits per heavy atom. The van der Waals surface area contributed by atoms with Gasteiger partial charge >= 0.3 is 0 Å². The Morgan fingerprint density at radius 1 is 1.00 bits per heavy atom. The van der Waals surface area contributed by atoms with Crippen LogP contribution >= 0.6 is 0 Å². The van der Waals surface area contributed by atoms with Gasteiger partial charge in [0.1, 0.15) is 18.0 Å². The normalized spacial score (nSPS) is 13.8. The van der Waals surface area contributed by atoms with Gasteiger partial charge in [-0.15, -0.1) is 0 Å². The molecule has 0 aromatic heterocycles. The predicted molar refractivity (Wildman–Crippen MR) is 81.9 cm³/mol. The van der Waals surface area contributed by atoms with E-state index in [9.17, 15) is 5.11 Å². The monoisotopic (exact) mass is 270 g/mol. The smallest absolute Gasteiger partial charge is 0.126 e. The lowest BCUT2D eigenvalue weighted by molar-refractivity contribution is 0.0467. The zero-order valence-electron chi connectivity index (χ0n) is 12.1. The maximum atomic E-state index is 10.3. The molecule has 0 saturated heterocycles. The fourth-order valence-corrected chi connectivity index (χ4v) is 2.22. The molecule has 2 unspecified atom stereocenters. The van der Waals surface area contributed by atoms with Gasteiger partial charge in [0, 0.05) is 0 Å². The Balaban J connectivity index is 1.98. The lowest BCUT2D eigenvalue weighted by atomic mass is 10.1. The molecule has 106 valence electrons. The highest BCUT2D eigenvalue weighted by molar-refractivity contribution is 5.28. The molecule has 0 spiro atoms. The number of ether oxygens (including phenoxy) is 1. The average molecular weight is 270 g/mol. The maximum absolute atomic E-state index is 10.3. The van der Waals surface area contributed by atoms with Crippen LogP contribution in [0.2, 0.25) is 0 Å². The topological polar surface area (TPSA) is 29.5 Å². The summed E-state index contributed by atoms with van der Waals surface area (Å²) in [4.78, 5) is 0. The van der Waals surface area contributed by atoms with Crippen molar-refractivity contribution < 1.29 is 9.84 Å². The van der Waals surface area contributed by atoms with E-state index in [0.29, 0.717) is 0 Å². The molecule has 2 aromatic rings. The number of aryl methyl sites for hydroxylation is 1. The van der Waals surface area contributed by atoms with Crippen LogP contribution in [0, 0.1) is 0 Å². The van der Waals surface area contributed by atoms with Crippen molar-refractivity contribution in [2.24, 2.45) is 0 Å². The zero-order chi connectivity index (χ0) is 14.4. The first-order valence-corrected chi connectivity index (χ1v) is 7.19. The highest BCUT2D eigenvalue weighted by Gasteiger charge is 2.17. The molecular weight excluding hydrogens is 248 g/mol. The van der Waals surface area contributed by atoms with E-state index in [1.54, 1.807) is 0 Å². The second-order valence-electron chi connectivity index (χ2n) is 5.07. The predicted octanol–water partition coefficient (Wildman–Crippen LogP) is 4.14. The van der Waals surface area contributed by atoms with E-state index >= 15 is 0 Å². The molecule has 0 bridgehead atoms. The molecule has 20 heavy (non-hydrogen) atoms. The number of rotatable bonds is 6. The summed E-state index contributed by atoms with van der Waals surface area (Å²) in [6.07, 6.45) is 1.33. The molecular formula is C18H22O2. The molecule has 0 aliphatic heterocycles. The van der Waals surface area contributed by atoms with E-state index in [4.69, 9.17) is 4.74 Å². The first kappa shape index (κ1) is 14.6. The molecule has 0 radical (unpaired) electrons. The molecule has 2 rings (SSSR count). The highest BCUT2D eigenvalue weighted by atomic mass is 16.5. The maximum Gasteiger partial charge on any atom is 0.126 e. The summed E-state index contributed by atoms with van der Waals surface area (Å²) >= 11 is 0. The van der Waals surface area contributed by atoms with Gasteiger partial charge in [0.05, 0.1) is 0 Å². The minimum Gasteiger partial charge on any atom is -0.488 e. The van der Waals surface area contributed by atoms with Crippen molar-refractivity contribution >= 4 is 0 Å². The summed E-state index contributed by atoms with van der Waals surface area (Å²) in [5, 5.41) is 10.3. The minimum atomic E-state index is -0.619. The van der Waals surface area contributed by atoms with Gasteiger partial charge in [-0.3, -0.25) is 0 Å². The molecule has 2 nitrogen and oxygen atoms in total. The highest BCUT2D eigenvalue weighted by Crippen LogP contribution is 2.22. The van der Waals surface area contributed by atoms with Gasteiger partial charge < -0.3 is 9.84 Å². The van der Waals surface area contributed by atoms with Crippen molar-refractivity contribution in [2.45, 2.75) is 38.9 Å². The molecule has 1 N–H and O–H groups in total.